The molecule has 0 spiro atoms. The van der Waals surface area contributed by atoms with Gasteiger partial charge in [0.05, 0.1) is 29.5 Å². The highest BCUT2D eigenvalue weighted by molar-refractivity contribution is 7.71. The number of hydrogen-bond donors (Lipinski definition) is 1. The lowest BCUT2D eigenvalue weighted by molar-refractivity contribution is 0.686. The topological polar surface area (TPSA) is 82.1 Å². The van der Waals surface area contributed by atoms with Gasteiger partial charge in [-0.25, -0.2) is 4.98 Å². The summed E-state index contributed by atoms with van der Waals surface area (Å²) in [5.41, 5.74) is 5.80. The molecular formula is C23H21ClN8S. The molecule has 0 radical (unpaired) electrons. The van der Waals surface area contributed by atoms with E-state index in [4.69, 9.17) is 28.8 Å². The summed E-state index contributed by atoms with van der Waals surface area (Å²) in [5.74, 6) is 1.23. The van der Waals surface area contributed by atoms with E-state index in [-0.39, 0.29) is 0 Å². The molecule has 0 bridgehead atoms. The Morgan fingerprint density at radius 2 is 2.00 bits per heavy atom. The Labute approximate surface area is 199 Å². The van der Waals surface area contributed by atoms with E-state index in [9.17, 15) is 0 Å². The first-order chi connectivity index (χ1) is 16.0. The largest absolute Gasteiger partial charge is 0.266 e. The van der Waals surface area contributed by atoms with Crippen molar-refractivity contribution in [1.29, 1.82) is 0 Å². The summed E-state index contributed by atoms with van der Waals surface area (Å²) in [4.78, 5) is 4.91. The number of nitrogens with one attached hydrogen (secondary N) is 1. The third-order valence-corrected chi connectivity index (χ3v) is 6.56. The molecule has 1 N–H and O–H groups in total. The molecule has 4 heterocycles. The maximum Gasteiger partial charge on any atom is 0.200 e. The molecular weight excluding hydrogens is 456 g/mol. The summed E-state index contributed by atoms with van der Waals surface area (Å²) in [5, 5.41) is 18.5. The molecule has 0 aliphatic heterocycles. The van der Waals surface area contributed by atoms with E-state index < -0.39 is 0 Å². The van der Waals surface area contributed by atoms with Crippen LogP contribution in [0.4, 0.5) is 0 Å². The predicted molar refractivity (Wildman–Crippen MR) is 129 cm³/mol. The average molecular weight is 477 g/mol. The Morgan fingerprint density at radius 3 is 2.76 bits per heavy atom. The Hall–Kier alpha value is -3.30. The van der Waals surface area contributed by atoms with Crippen molar-refractivity contribution in [2.45, 2.75) is 32.2 Å². The van der Waals surface area contributed by atoms with Crippen molar-refractivity contribution in [2.24, 2.45) is 7.05 Å². The Kier molecular flexibility index (Phi) is 4.70. The van der Waals surface area contributed by atoms with E-state index in [1.165, 1.54) is 12.8 Å². The van der Waals surface area contributed by atoms with Gasteiger partial charge < -0.3 is 0 Å². The number of aromatic amines is 1. The van der Waals surface area contributed by atoms with Crippen molar-refractivity contribution in [1.82, 2.24) is 39.3 Å². The highest BCUT2D eigenvalue weighted by atomic mass is 35.5. The van der Waals surface area contributed by atoms with Gasteiger partial charge in [-0.2, -0.15) is 15.3 Å². The van der Waals surface area contributed by atoms with Crippen molar-refractivity contribution in [2.75, 3.05) is 0 Å². The van der Waals surface area contributed by atoms with E-state index in [0.29, 0.717) is 22.3 Å². The molecule has 1 aliphatic rings. The molecule has 166 valence electrons. The number of H-pyrrole nitrogens is 1. The van der Waals surface area contributed by atoms with Crippen LogP contribution in [0.15, 0.2) is 42.7 Å². The number of pyridine rings is 1. The molecule has 10 heteroatoms. The molecule has 8 nitrogen and oxygen atoms in total. The fraction of sp³-hybridized carbons (Fsp3) is 0.261. The predicted octanol–water partition coefficient (Wildman–Crippen LogP) is 4.96. The molecule has 1 fully saturated rings. The molecule has 1 saturated carbocycles. The minimum absolute atomic E-state index is 0.501. The van der Waals surface area contributed by atoms with Crippen LogP contribution in [0.25, 0.3) is 28.1 Å². The smallest absolute Gasteiger partial charge is 0.200 e. The summed E-state index contributed by atoms with van der Waals surface area (Å²) in [6, 6.07) is 9.91. The SMILES string of the molecule is Cc1nn(C)c2nc(C3CC3)cc(-c3n[nH]c(=S)n3-c3cnn(Cc4ccc(Cl)cc4)c3)c12. The van der Waals surface area contributed by atoms with Crippen LogP contribution in [-0.2, 0) is 13.6 Å². The fourth-order valence-electron chi connectivity index (χ4n) is 4.28. The molecule has 33 heavy (non-hydrogen) atoms. The van der Waals surface area contributed by atoms with E-state index in [1.807, 2.05) is 58.4 Å². The molecule has 6 rings (SSSR count). The van der Waals surface area contributed by atoms with Gasteiger partial charge in [0.25, 0.3) is 0 Å². The van der Waals surface area contributed by atoms with E-state index in [0.717, 1.165) is 45.1 Å². The molecule has 5 aromatic rings. The van der Waals surface area contributed by atoms with Gasteiger partial charge >= 0.3 is 0 Å². The zero-order valence-corrected chi connectivity index (χ0v) is 19.7. The van der Waals surface area contributed by atoms with Crippen LogP contribution in [0.2, 0.25) is 5.02 Å². The Morgan fingerprint density at radius 1 is 1.21 bits per heavy atom. The zero-order chi connectivity index (χ0) is 22.7. The van der Waals surface area contributed by atoms with Crippen LogP contribution in [0, 0.1) is 11.7 Å². The number of rotatable bonds is 5. The quantitative estimate of drug-likeness (QED) is 0.362. The maximum atomic E-state index is 6.01. The van der Waals surface area contributed by atoms with Crippen molar-refractivity contribution in [3.63, 3.8) is 0 Å². The lowest BCUT2D eigenvalue weighted by Crippen LogP contribution is -2.01. The number of fused-ring (bicyclic) bond motifs is 1. The van der Waals surface area contributed by atoms with Crippen molar-refractivity contribution >= 4 is 34.9 Å². The summed E-state index contributed by atoms with van der Waals surface area (Å²) < 4.78 is 6.16. The van der Waals surface area contributed by atoms with Gasteiger partial charge in [0, 0.05) is 35.4 Å². The number of nitrogens with zero attached hydrogens (tertiary/aromatic N) is 7. The third-order valence-electron chi connectivity index (χ3n) is 6.03. The molecule has 1 aromatic carbocycles. The summed E-state index contributed by atoms with van der Waals surface area (Å²) in [7, 11) is 1.93. The van der Waals surface area contributed by atoms with Gasteiger partial charge in [-0.05, 0) is 55.7 Å². The van der Waals surface area contributed by atoms with E-state index in [1.54, 1.807) is 6.20 Å². The van der Waals surface area contributed by atoms with Crippen LogP contribution in [0.1, 0.15) is 35.7 Å². The second-order valence-electron chi connectivity index (χ2n) is 8.49. The normalized spacial score (nSPS) is 13.8. The van der Waals surface area contributed by atoms with Crippen LogP contribution in [-0.4, -0.2) is 39.3 Å². The number of halogens is 1. The van der Waals surface area contributed by atoms with Gasteiger partial charge in [-0.15, -0.1) is 0 Å². The second kappa shape index (κ2) is 7.64. The highest BCUT2D eigenvalue weighted by Crippen LogP contribution is 2.42. The van der Waals surface area contributed by atoms with Gasteiger partial charge in [0.15, 0.2) is 16.2 Å². The van der Waals surface area contributed by atoms with E-state index >= 15 is 0 Å². The molecule has 0 amide bonds. The van der Waals surface area contributed by atoms with E-state index in [2.05, 4.69) is 26.5 Å². The van der Waals surface area contributed by atoms with Crippen LogP contribution < -0.4 is 0 Å². The molecule has 4 aromatic heterocycles. The number of hydrogen-bond acceptors (Lipinski definition) is 5. The minimum Gasteiger partial charge on any atom is -0.266 e. The lowest BCUT2D eigenvalue weighted by atomic mass is 10.1. The highest BCUT2D eigenvalue weighted by Gasteiger charge is 2.28. The number of aryl methyl sites for hydroxylation is 2. The monoisotopic (exact) mass is 476 g/mol. The Bertz CT molecular complexity index is 1550. The van der Waals surface area contributed by atoms with Gasteiger partial charge in [0.1, 0.15) is 0 Å². The summed E-state index contributed by atoms with van der Waals surface area (Å²) >= 11 is 11.6. The molecule has 1 aliphatic carbocycles. The first-order valence-corrected chi connectivity index (χ1v) is 11.6. The second-order valence-corrected chi connectivity index (χ2v) is 9.31. The van der Waals surface area contributed by atoms with Crippen LogP contribution in [0.5, 0.6) is 0 Å². The molecule has 0 saturated heterocycles. The number of aromatic nitrogens is 8. The number of benzene rings is 1. The summed E-state index contributed by atoms with van der Waals surface area (Å²) in [6.45, 7) is 2.63. The van der Waals surface area contributed by atoms with Gasteiger partial charge in [0.2, 0.25) is 0 Å². The lowest BCUT2D eigenvalue weighted by Gasteiger charge is -2.09. The van der Waals surface area contributed by atoms with Crippen molar-refractivity contribution in [3.8, 4) is 17.1 Å². The third kappa shape index (κ3) is 3.57. The maximum absolute atomic E-state index is 6.01. The standard InChI is InChI=1S/C23H21ClN8S/c1-13-20-18(9-19(15-5-6-15)26-22(20)30(2)29-13)21-27-28-23(33)32(21)17-10-25-31(12-17)11-14-3-7-16(24)8-4-14/h3-4,7-10,12,15H,5-6,11H2,1-2H3,(H,28,33). The molecule has 0 atom stereocenters. The van der Waals surface area contributed by atoms with Crippen LogP contribution >= 0.6 is 23.8 Å². The zero-order valence-electron chi connectivity index (χ0n) is 18.2. The first-order valence-electron chi connectivity index (χ1n) is 10.8. The van der Waals surface area contributed by atoms with Crippen molar-refractivity contribution < 1.29 is 0 Å². The Balaban J connectivity index is 1.46. The van der Waals surface area contributed by atoms with Gasteiger partial charge in [-0.3, -0.25) is 19.0 Å². The minimum atomic E-state index is 0.501. The first kappa shape index (κ1) is 20.3. The fourth-order valence-corrected chi connectivity index (χ4v) is 4.64. The summed E-state index contributed by atoms with van der Waals surface area (Å²) in [6.07, 6.45) is 6.11. The molecule has 0 unspecified atom stereocenters. The van der Waals surface area contributed by atoms with Crippen molar-refractivity contribution in [3.05, 3.63) is 69.5 Å². The average Bonchev–Trinajstić information content (AvgIpc) is 3.34. The van der Waals surface area contributed by atoms with Crippen LogP contribution in [0.3, 0.4) is 0 Å². The van der Waals surface area contributed by atoms with Gasteiger partial charge in [-0.1, -0.05) is 23.7 Å².